The van der Waals surface area contributed by atoms with Gasteiger partial charge in [0.2, 0.25) is 0 Å². The summed E-state index contributed by atoms with van der Waals surface area (Å²) in [5.41, 5.74) is -1.89. The molecule has 0 aliphatic carbocycles. The first-order chi connectivity index (χ1) is 18.3. The molecule has 0 saturated heterocycles. The molecule has 4 rings (SSSR count). The Bertz CT molecular complexity index is 1450. The maximum absolute atomic E-state index is 12.7. The highest BCUT2D eigenvalue weighted by Gasteiger charge is 2.50. The number of nitro benzene ring substituents is 1. The highest BCUT2D eigenvalue weighted by atomic mass is 16.6. The molecule has 0 spiro atoms. The van der Waals surface area contributed by atoms with Gasteiger partial charge in [-0.25, -0.2) is 9.59 Å². The van der Waals surface area contributed by atoms with Gasteiger partial charge in [-0.1, -0.05) is 12.1 Å². The van der Waals surface area contributed by atoms with Crippen LogP contribution in [0.5, 0.6) is 5.75 Å². The van der Waals surface area contributed by atoms with Crippen molar-refractivity contribution in [3.05, 3.63) is 91.8 Å². The maximum atomic E-state index is 12.7. The lowest BCUT2D eigenvalue weighted by Crippen LogP contribution is -2.43. The van der Waals surface area contributed by atoms with Crippen LogP contribution in [0.3, 0.4) is 0 Å². The lowest BCUT2D eigenvalue weighted by atomic mass is 9.66. The molecule has 2 N–H and O–H groups in total. The van der Waals surface area contributed by atoms with Crippen molar-refractivity contribution in [3.8, 4) is 5.75 Å². The Labute approximate surface area is 222 Å². The third kappa shape index (κ3) is 4.19. The van der Waals surface area contributed by atoms with Crippen molar-refractivity contribution in [3.63, 3.8) is 0 Å². The van der Waals surface area contributed by atoms with Crippen LogP contribution in [0, 0.1) is 10.1 Å². The van der Waals surface area contributed by atoms with E-state index in [1.54, 1.807) is 12.1 Å². The molecule has 0 aromatic heterocycles. The number of amides is 2. The van der Waals surface area contributed by atoms with Crippen LogP contribution in [0.15, 0.2) is 65.0 Å². The number of nitrogens with zero attached hydrogens (tertiary/aromatic N) is 3. The molecule has 0 radical (unpaired) electrons. The van der Waals surface area contributed by atoms with Crippen LogP contribution in [0.25, 0.3) is 0 Å². The van der Waals surface area contributed by atoms with Gasteiger partial charge in [-0.05, 0) is 39.0 Å². The number of fused-ring (bicyclic) bond motifs is 1. The van der Waals surface area contributed by atoms with Gasteiger partial charge in [0.15, 0.2) is 0 Å². The van der Waals surface area contributed by atoms with Crippen LogP contribution in [0.1, 0.15) is 47.1 Å². The lowest BCUT2D eigenvalue weighted by Gasteiger charge is -2.42. The predicted octanol–water partition coefficient (Wildman–Crippen LogP) is 3.19. The van der Waals surface area contributed by atoms with Crippen molar-refractivity contribution < 1.29 is 39.1 Å². The van der Waals surface area contributed by atoms with E-state index in [1.807, 2.05) is 0 Å². The molecule has 2 aliphatic heterocycles. The van der Waals surface area contributed by atoms with Crippen molar-refractivity contribution in [2.75, 3.05) is 20.2 Å². The Morgan fingerprint density at radius 1 is 0.974 bits per heavy atom. The summed E-state index contributed by atoms with van der Waals surface area (Å²) < 4.78 is 5.89. The van der Waals surface area contributed by atoms with Gasteiger partial charge in [0.25, 0.3) is 17.5 Å². The van der Waals surface area contributed by atoms with Gasteiger partial charge in [-0.2, -0.15) is 0 Å². The molecule has 39 heavy (non-hydrogen) atoms. The molecular weight excluding hydrogens is 510 g/mol. The lowest BCUT2D eigenvalue weighted by molar-refractivity contribution is -0.385. The molecule has 2 aliphatic rings. The molecule has 2 aromatic carbocycles. The Morgan fingerprint density at radius 2 is 1.49 bits per heavy atom. The first kappa shape index (κ1) is 27.0. The zero-order valence-corrected chi connectivity index (χ0v) is 21.5. The van der Waals surface area contributed by atoms with Crippen LogP contribution in [0.4, 0.5) is 5.69 Å². The van der Waals surface area contributed by atoms with Gasteiger partial charge >= 0.3 is 11.9 Å². The maximum Gasteiger partial charge on any atom is 0.334 e. The summed E-state index contributed by atoms with van der Waals surface area (Å²) in [5, 5.41) is 32.0. The number of hydrogen-bond acceptors (Lipinski definition) is 8. The minimum absolute atomic E-state index is 0.0256. The minimum atomic E-state index is -1.87. The Hall–Kier alpha value is -5.00. The van der Waals surface area contributed by atoms with Gasteiger partial charge in [0.05, 0.1) is 39.2 Å². The number of non-ortho nitro benzene ring substituents is 1. The number of carbonyl (C=O) groups excluding carboxylic acids is 2. The van der Waals surface area contributed by atoms with E-state index in [0.717, 1.165) is 17.0 Å². The molecule has 0 atom stereocenters. The number of carboxylic acid groups (broad SMARTS) is 2. The second kappa shape index (κ2) is 9.71. The Kier molecular flexibility index (Phi) is 6.73. The predicted molar refractivity (Wildman–Crippen MR) is 136 cm³/mol. The zero-order chi connectivity index (χ0) is 28.8. The third-order valence-corrected chi connectivity index (χ3v) is 7.32. The van der Waals surface area contributed by atoms with Crippen molar-refractivity contribution >= 4 is 29.4 Å². The fourth-order valence-electron chi connectivity index (χ4n) is 5.28. The number of allylic oxidation sites excluding steroid dienone is 2. The smallest absolute Gasteiger partial charge is 0.334 e. The molecule has 2 amide bonds. The van der Waals surface area contributed by atoms with E-state index >= 15 is 0 Å². The summed E-state index contributed by atoms with van der Waals surface area (Å²) in [6, 6.07) is 9.85. The van der Waals surface area contributed by atoms with E-state index in [2.05, 4.69) is 0 Å². The van der Waals surface area contributed by atoms with E-state index in [1.165, 1.54) is 50.9 Å². The normalized spacial score (nSPS) is 16.5. The number of rotatable bonds is 8. The molecule has 12 nitrogen and oxygen atoms in total. The molecule has 0 bridgehead atoms. The molecule has 2 heterocycles. The highest BCUT2D eigenvalue weighted by Crippen LogP contribution is 2.50. The van der Waals surface area contributed by atoms with Crippen molar-refractivity contribution in [1.82, 2.24) is 9.80 Å². The summed E-state index contributed by atoms with van der Waals surface area (Å²) in [4.78, 5) is 63.8. The van der Waals surface area contributed by atoms with Crippen LogP contribution < -0.4 is 4.74 Å². The standard InChI is InChI=1S/C27H25N3O9/c1-14-21(25(33)34)27(3,22(26(35)36)15(2)28(14)4)19-13-16(30(37)38)9-10-20(19)39-12-11-29-23(31)17-7-5-6-8-18(17)24(29)32/h5-10,13H,11-12H2,1-4H3,(H,33,34)(H,35,36). The van der Waals surface area contributed by atoms with Gasteiger partial charge in [0, 0.05) is 36.1 Å². The first-order valence-electron chi connectivity index (χ1n) is 11.8. The molecule has 0 saturated carbocycles. The summed E-state index contributed by atoms with van der Waals surface area (Å²) in [5.74, 6) is -3.83. The van der Waals surface area contributed by atoms with Gasteiger partial charge in [-0.3, -0.25) is 24.6 Å². The van der Waals surface area contributed by atoms with Crippen molar-refractivity contribution in [1.29, 1.82) is 0 Å². The number of carbonyl (C=O) groups is 4. The van der Waals surface area contributed by atoms with Gasteiger partial charge in [0.1, 0.15) is 12.4 Å². The number of imide groups is 1. The number of carboxylic acids is 2. The fraction of sp³-hybridized carbons (Fsp3) is 0.259. The summed E-state index contributed by atoms with van der Waals surface area (Å²) >= 11 is 0. The molecular formula is C27H25N3O9. The molecule has 0 unspecified atom stereocenters. The number of benzene rings is 2. The third-order valence-electron chi connectivity index (χ3n) is 7.32. The SMILES string of the molecule is CC1=C(C(=O)O)C(C)(c2cc([N+](=O)[O-])ccc2OCCN2C(=O)c3ccccc3C2=O)C(C(=O)O)=C(C)N1C. The second-order valence-corrected chi connectivity index (χ2v) is 9.31. The van der Waals surface area contributed by atoms with E-state index in [4.69, 9.17) is 4.74 Å². The topological polar surface area (TPSA) is 168 Å². The number of aliphatic carboxylic acids is 2. The number of hydrogen-bond donors (Lipinski definition) is 2. The monoisotopic (exact) mass is 535 g/mol. The number of ether oxygens (including phenoxy) is 1. The minimum Gasteiger partial charge on any atom is -0.491 e. The fourth-order valence-corrected chi connectivity index (χ4v) is 5.28. The van der Waals surface area contributed by atoms with Crippen molar-refractivity contribution in [2.24, 2.45) is 0 Å². The molecule has 202 valence electrons. The summed E-state index contributed by atoms with van der Waals surface area (Å²) in [6.45, 7) is 4.01. The number of nitro groups is 1. The molecule has 2 aromatic rings. The first-order valence-corrected chi connectivity index (χ1v) is 11.8. The van der Waals surface area contributed by atoms with E-state index in [9.17, 15) is 39.5 Å². The quantitative estimate of drug-likeness (QED) is 0.291. The van der Waals surface area contributed by atoms with Crippen LogP contribution in [0.2, 0.25) is 0 Å². The van der Waals surface area contributed by atoms with Crippen molar-refractivity contribution in [2.45, 2.75) is 26.2 Å². The molecule has 0 fully saturated rings. The largest absolute Gasteiger partial charge is 0.491 e. The van der Waals surface area contributed by atoms with Gasteiger partial charge < -0.3 is 19.8 Å². The Balaban J connectivity index is 1.78. The van der Waals surface area contributed by atoms with E-state index in [-0.39, 0.29) is 58.1 Å². The zero-order valence-electron chi connectivity index (χ0n) is 21.5. The van der Waals surface area contributed by atoms with E-state index in [0.29, 0.717) is 0 Å². The second-order valence-electron chi connectivity index (χ2n) is 9.31. The average Bonchev–Trinajstić information content (AvgIpc) is 3.12. The summed E-state index contributed by atoms with van der Waals surface area (Å²) in [6.07, 6.45) is 0. The highest BCUT2D eigenvalue weighted by molar-refractivity contribution is 6.21. The van der Waals surface area contributed by atoms with Crippen LogP contribution in [-0.4, -0.2) is 68.9 Å². The Morgan fingerprint density at radius 3 is 1.95 bits per heavy atom. The average molecular weight is 536 g/mol. The van der Waals surface area contributed by atoms with Crippen LogP contribution in [-0.2, 0) is 15.0 Å². The molecule has 12 heteroatoms. The van der Waals surface area contributed by atoms with Gasteiger partial charge in [-0.15, -0.1) is 0 Å². The van der Waals surface area contributed by atoms with Crippen LogP contribution >= 0.6 is 0 Å². The van der Waals surface area contributed by atoms with E-state index < -0.39 is 39.8 Å². The summed E-state index contributed by atoms with van der Waals surface area (Å²) in [7, 11) is 1.53.